The van der Waals surface area contributed by atoms with Gasteiger partial charge in [0.1, 0.15) is 0 Å². The van der Waals surface area contributed by atoms with E-state index >= 15 is 0 Å². The molecule has 0 aromatic heterocycles. The molecule has 0 rings (SSSR count). The predicted octanol–water partition coefficient (Wildman–Crippen LogP) is 1.40. The van der Waals surface area contributed by atoms with Gasteiger partial charge in [0.15, 0.2) is 0 Å². The minimum absolute atomic E-state index is 0. The summed E-state index contributed by atoms with van der Waals surface area (Å²) in [5.74, 6) is 0. The molecule has 0 aromatic carbocycles. The third-order valence-electron chi connectivity index (χ3n) is 0. The van der Waals surface area contributed by atoms with Crippen LogP contribution in [0.5, 0.6) is 0 Å². The van der Waals surface area contributed by atoms with Gasteiger partial charge in [0.2, 0.25) is 0 Å². The van der Waals surface area contributed by atoms with E-state index in [0.29, 0.717) is 0 Å². The van der Waals surface area contributed by atoms with Crippen molar-refractivity contribution >= 4 is 0 Å². The second kappa shape index (κ2) is 80.4. The van der Waals surface area contributed by atoms with Crippen molar-refractivity contribution in [3.05, 3.63) is 12.9 Å². The predicted molar refractivity (Wildman–Crippen MR) is 16.3 cm³/mol. The molecule has 0 heterocycles. The van der Waals surface area contributed by atoms with Gasteiger partial charge in [-0.25, -0.2) is 4.39 Å². The molecule has 0 saturated carbocycles. The van der Waals surface area contributed by atoms with Crippen molar-refractivity contribution in [2.45, 2.75) is 0 Å². The molecule has 0 atom stereocenters. The van der Waals surface area contributed by atoms with Crippen LogP contribution in [0.3, 0.4) is 0 Å². The molecule has 0 N–H and O–H groups in total. The topological polar surface area (TPSA) is 0 Å². The number of hydrogen-bond donors (Lipinski definition) is 0. The molecule has 34 valence electrons. The lowest BCUT2D eigenvalue weighted by Gasteiger charge is -1.28. The lowest BCUT2D eigenvalue weighted by molar-refractivity contribution is 0.725. The van der Waals surface area contributed by atoms with Crippen molar-refractivity contribution in [3.63, 3.8) is 0 Å². The second-order valence-electron chi connectivity index (χ2n) is 0.154. The van der Waals surface area contributed by atoms with Gasteiger partial charge in [-0.1, -0.05) is 6.58 Å². The lowest BCUT2D eigenvalue weighted by atomic mass is 11.2. The molecule has 0 spiro atoms. The molecular formula is C2H5F3. The number of hydrogen-bond acceptors (Lipinski definition) is 0. The van der Waals surface area contributed by atoms with E-state index in [1.807, 2.05) is 0 Å². The summed E-state index contributed by atoms with van der Waals surface area (Å²) in [7, 11) is 0. The maximum Gasteiger partial charge on any atom is 0.0795 e. The molecule has 0 nitrogen and oxygen atoms in total. The van der Waals surface area contributed by atoms with E-state index in [1.54, 1.807) is 0 Å². The van der Waals surface area contributed by atoms with Crippen molar-refractivity contribution in [2.75, 3.05) is 0 Å². The van der Waals surface area contributed by atoms with Crippen molar-refractivity contribution < 1.29 is 13.8 Å². The van der Waals surface area contributed by atoms with Crippen molar-refractivity contribution in [1.82, 2.24) is 0 Å². The monoisotopic (exact) mass is 86.0 g/mol. The van der Waals surface area contributed by atoms with Gasteiger partial charge in [0, 0.05) is 0 Å². The minimum Gasteiger partial charge on any atom is -0.269 e. The van der Waals surface area contributed by atoms with Crippen LogP contribution in [0.15, 0.2) is 12.9 Å². The highest BCUT2D eigenvalue weighted by Gasteiger charge is 1.19. The van der Waals surface area contributed by atoms with Crippen LogP contribution in [0.25, 0.3) is 0 Å². The van der Waals surface area contributed by atoms with E-state index in [0.717, 1.165) is 0 Å². The summed E-state index contributed by atoms with van der Waals surface area (Å²) in [5.41, 5.74) is 0. The van der Waals surface area contributed by atoms with Crippen LogP contribution in [-0.2, 0) is 0 Å². The molecular weight excluding hydrogens is 81.0 g/mol. The van der Waals surface area contributed by atoms with Crippen LogP contribution >= 0.6 is 0 Å². The molecule has 0 aliphatic rings. The average molecular weight is 86.1 g/mol. The molecule has 0 radical (unpaired) electrons. The maximum atomic E-state index is 10.1. The zero-order valence-electron chi connectivity index (χ0n) is 2.48. The Hall–Kier alpha value is -0.470. The van der Waals surface area contributed by atoms with E-state index in [9.17, 15) is 4.39 Å². The van der Waals surface area contributed by atoms with E-state index in [4.69, 9.17) is 0 Å². The smallest absolute Gasteiger partial charge is 0.0795 e. The van der Waals surface area contributed by atoms with Crippen molar-refractivity contribution in [1.29, 1.82) is 0 Å². The Morgan fingerprint density at radius 1 is 1.40 bits per heavy atom. The van der Waals surface area contributed by atoms with Gasteiger partial charge in [0.25, 0.3) is 0 Å². The number of halogens is 3. The molecule has 5 heavy (non-hydrogen) atoms. The molecule has 0 aliphatic heterocycles. The van der Waals surface area contributed by atoms with Gasteiger partial charge in [-0.05, 0) is 0 Å². The van der Waals surface area contributed by atoms with E-state index in [-0.39, 0.29) is 15.7 Å². The van der Waals surface area contributed by atoms with Crippen LogP contribution in [0, 0.1) is 0 Å². The molecule has 3 heteroatoms. The SMILES string of the molecule is C=CF.F.F. The lowest BCUT2D eigenvalue weighted by Crippen LogP contribution is -0.990. The van der Waals surface area contributed by atoms with Crippen LogP contribution in [0.2, 0.25) is 0 Å². The fourth-order valence-corrected chi connectivity index (χ4v) is 0. The summed E-state index contributed by atoms with van der Waals surface area (Å²) in [6.45, 7) is 2.69. The largest absolute Gasteiger partial charge is 0.269 e. The average Bonchev–Trinajstić information content (AvgIpc) is 0.918. The van der Waals surface area contributed by atoms with Gasteiger partial charge in [-0.15, -0.1) is 0 Å². The highest BCUT2D eigenvalue weighted by atomic mass is 19.1. The quantitative estimate of drug-likeness (QED) is 0.418. The Labute approximate surface area is 28.0 Å². The third-order valence-corrected chi connectivity index (χ3v) is 0. The summed E-state index contributed by atoms with van der Waals surface area (Å²) < 4.78 is 10.1. The van der Waals surface area contributed by atoms with E-state index < -0.39 is 0 Å². The first-order valence-electron chi connectivity index (χ1n) is 0.626. The Balaban J connectivity index is -0.0000000200. The first-order valence-corrected chi connectivity index (χ1v) is 0.626. The maximum absolute atomic E-state index is 10.1. The van der Waals surface area contributed by atoms with Crippen LogP contribution < -0.4 is 0 Å². The van der Waals surface area contributed by atoms with Gasteiger partial charge in [0.05, 0.1) is 6.33 Å². The van der Waals surface area contributed by atoms with Crippen LogP contribution in [0.4, 0.5) is 13.8 Å². The highest BCUT2D eigenvalue weighted by Crippen LogP contribution is 1.48. The molecule has 0 aliphatic carbocycles. The van der Waals surface area contributed by atoms with Gasteiger partial charge in [-0.2, -0.15) is 0 Å². The van der Waals surface area contributed by atoms with Crippen molar-refractivity contribution in [3.8, 4) is 0 Å². The van der Waals surface area contributed by atoms with Gasteiger partial charge >= 0.3 is 0 Å². The summed E-state index contributed by atoms with van der Waals surface area (Å²) in [4.78, 5) is 0. The summed E-state index contributed by atoms with van der Waals surface area (Å²) in [5, 5.41) is 0. The molecule has 0 saturated heterocycles. The Bertz CT molecular complexity index is 12.4. The Kier molecular flexibility index (Phi) is 388. The molecule has 0 fully saturated rings. The van der Waals surface area contributed by atoms with Crippen molar-refractivity contribution in [2.24, 2.45) is 0 Å². The fourth-order valence-electron chi connectivity index (χ4n) is 0. The Morgan fingerprint density at radius 3 is 1.40 bits per heavy atom. The summed E-state index contributed by atoms with van der Waals surface area (Å²) in [6.07, 6.45) is 0.250. The van der Waals surface area contributed by atoms with Crippen LogP contribution in [-0.4, -0.2) is 0 Å². The third kappa shape index (κ3) is 37.4. The highest BCUT2D eigenvalue weighted by molar-refractivity contribution is 4.39. The first-order chi connectivity index (χ1) is 1.41. The zero-order valence-corrected chi connectivity index (χ0v) is 2.48. The summed E-state index contributed by atoms with van der Waals surface area (Å²) in [6, 6.07) is 0. The Morgan fingerprint density at radius 2 is 1.40 bits per heavy atom. The van der Waals surface area contributed by atoms with E-state index in [1.165, 1.54) is 0 Å². The molecule has 0 unspecified atom stereocenters. The second-order valence-corrected chi connectivity index (χ2v) is 0.154. The molecule has 0 amide bonds. The summed E-state index contributed by atoms with van der Waals surface area (Å²) >= 11 is 0. The van der Waals surface area contributed by atoms with Crippen LogP contribution in [0.1, 0.15) is 0 Å². The minimum atomic E-state index is 0. The first kappa shape index (κ1) is 24.1. The fraction of sp³-hybridized carbons (Fsp3) is 0. The van der Waals surface area contributed by atoms with Gasteiger partial charge < -0.3 is 0 Å². The number of rotatable bonds is 0. The standard InChI is InChI=1S/C2H3F.2FH/c1-2-3;;/h2H,1H2;2*1H. The molecule has 0 aromatic rings. The molecule has 0 bridgehead atoms. The van der Waals surface area contributed by atoms with Gasteiger partial charge in [-0.3, -0.25) is 9.41 Å². The zero-order chi connectivity index (χ0) is 2.71. The normalized spacial score (nSPS) is 2.60. The van der Waals surface area contributed by atoms with E-state index in [2.05, 4.69) is 6.58 Å².